The molecule has 0 amide bonds. The molecule has 2 rings (SSSR count). The van der Waals surface area contributed by atoms with Crippen LogP contribution in [0.1, 0.15) is 56.4 Å². The summed E-state index contributed by atoms with van der Waals surface area (Å²) >= 11 is 1.36. The highest BCUT2D eigenvalue weighted by atomic mass is 32.1. The Balaban J connectivity index is 2.43. The molecule has 0 aliphatic heterocycles. The highest BCUT2D eigenvalue weighted by Crippen LogP contribution is 2.32. The Bertz CT molecular complexity index is 554. The van der Waals surface area contributed by atoms with Crippen LogP contribution in [0.15, 0.2) is 6.20 Å². The maximum Gasteiger partial charge on any atom is 0.102 e. The van der Waals surface area contributed by atoms with Gasteiger partial charge in [0.05, 0.1) is 22.5 Å². The normalized spacial score (nSPS) is 13.7. The van der Waals surface area contributed by atoms with Gasteiger partial charge in [-0.3, -0.25) is 5.84 Å². The van der Waals surface area contributed by atoms with Crippen molar-refractivity contribution in [1.29, 1.82) is 0 Å². The van der Waals surface area contributed by atoms with E-state index in [1.807, 2.05) is 4.68 Å². The lowest BCUT2D eigenvalue weighted by molar-refractivity contribution is 0.501. The molecule has 8 heteroatoms. The van der Waals surface area contributed by atoms with E-state index in [2.05, 4.69) is 53.0 Å². The fourth-order valence-corrected chi connectivity index (χ4v) is 3.02. The van der Waals surface area contributed by atoms with Crippen molar-refractivity contribution in [1.82, 2.24) is 30.0 Å². The van der Waals surface area contributed by atoms with Gasteiger partial charge in [-0.05, 0) is 18.0 Å². The van der Waals surface area contributed by atoms with Gasteiger partial charge in [0.25, 0.3) is 0 Å². The monoisotopic (exact) mass is 295 g/mol. The summed E-state index contributed by atoms with van der Waals surface area (Å²) in [6.07, 6.45) is 2.73. The smallest absolute Gasteiger partial charge is 0.102 e. The van der Waals surface area contributed by atoms with Crippen LogP contribution in [0.3, 0.4) is 0 Å². The fourth-order valence-electron chi connectivity index (χ4n) is 2.08. The summed E-state index contributed by atoms with van der Waals surface area (Å²) in [5.74, 6) is 5.76. The minimum absolute atomic E-state index is 0.0829. The van der Waals surface area contributed by atoms with Crippen molar-refractivity contribution in [2.75, 3.05) is 0 Å². The van der Waals surface area contributed by atoms with E-state index in [0.717, 1.165) is 29.2 Å². The number of hydrazine groups is 1. The van der Waals surface area contributed by atoms with E-state index in [-0.39, 0.29) is 11.5 Å². The van der Waals surface area contributed by atoms with Crippen molar-refractivity contribution in [3.05, 3.63) is 22.5 Å². The molecule has 0 spiro atoms. The van der Waals surface area contributed by atoms with E-state index in [0.29, 0.717) is 0 Å². The summed E-state index contributed by atoms with van der Waals surface area (Å²) in [5.41, 5.74) is 4.65. The lowest BCUT2D eigenvalue weighted by Gasteiger charge is -2.21. The predicted octanol–water partition coefficient (Wildman–Crippen LogP) is 1.39. The van der Waals surface area contributed by atoms with Crippen LogP contribution in [0.25, 0.3) is 0 Å². The molecule has 0 aromatic carbocycles. The van der Waals surface area contributed by atoms with E-state index in [4.69, 9.17) is 5.84 Å². The zero-order chi connectivity index (χ0) is 14.8. The number of nitrogens with zero attached hydrogens (tertiary/aromatic N) is 5. The van der Waals surface area contributed by atoms with Crippen LogP contribution >= 0.6 is 11.5 Å². The minimum atomic E-state index is -0.189. The summed E-state index contributed by atoms with van der Waals surface area (Å²) in [4.78, 5) is 1.01. The molecule has 20 heavy (non-hydrogen) atoms. The molecule has 110 valence electrons. The van der Waals surface area contributed by atoms with Gasteiger partial charge in [0, 0.05) is 12.0 Å². The number of aromatic nitrogens is 5. The average molecular weight is 295 g/mol. The third-order valence-corrected chi connectivity index (χ3v) is 3.82. The topological polar surface area (TPSA) is 94.5 Å². The van der Waals surface area contributed by atoms with Crippen molar-refractivity contribution >= 4 is 11.5 Å². The maximum absolute atomic E-state index is 5.76. The second kappa shape index (κ2) is 5.94. The van der Waals surface area contributed by atoms with E-state index in [9.17, 15) is 0 Å². The van der Waals surface area contributed by atoms with E-state index in [1.54, 1.807) is 6.20 Å². The number of aryl methyl sites for hydroxylation is 1. The summed E-state index contributed by atoms with van der Waals surface area (Å²) in [6, 6.07) is -0.189. The summed E-state index contributed by atoms with van der Waals surface area (Å²) in [5, 5.41) is 12.4. The number of hydrogen-bond acceptors (Lipinski definition) is 7. The van der Waals surface area contributed by atoms with Crippen LogP contribution in [0.2, 0.25) is 0 Å². The van der Waals surface area contributed by atoms with Crippen LogP contribution < -0.4 is 11.3 Å². The summed E-state index contributed by atoms with van der Waals surface area (Å²) in [7, 11) is 0. The second-order valence-corrected chi connectivity index (χ2v) is 6.50. The van der Waals surface area contributed by atoms with Crippen LogP contribution in [-0.4, -0.2) is 24.6 Å². The Morgan fingerprint density at radius 1 is 1.45 bits per heavy atom. The van der Waals surface area contributed by atoms with Crippen LogP contribution in [0.5, 0.6) is 0 Å². The van der Waals surface area contributed by atoms with E-state index >= 15 is 0 Å². The van der Waals surface area contributed by atoms with Crippen molar-refractivity contribution in [3.63, 3.8) is 0 Å². The SMILES string of the molecule is CCCn1nncc1C(NN)c1snnc1C(C)(C)C. The van der Waals surface area contributed by atoms with Gasteiger partial charge in [0.1, 0.15) is 6.04 Å². The van der Waals surface area contributed by atoms with Gasteiger partial charge in [0.15, 0.2) is 0 Å². The zero-order valence-corrected chi connectivity index (χ0v) is 13.1. The van der Waals surface area contributed by atoms with Gasteiger partial charge < -0.3 is 0 Å². The Labute approximate surface area is 122 Å². The van der Waals surface area contributed by atoms with Gasteiger partial charge in [-0.2, -0.15) is 0 Å². The van der Waals surface area contributed by atoms with Gasteiger partial charge in [-0.25, -0.2) is 10.1 Å². The highest BCUT2D eigenvalue weighted by Gasteiger charge is 2.29. The lowest BCUT2D eigenvalue weighted by atomic mass is 9.89. The third kappa shape index (κ3) is 2.87. The largest absolute Gasteiger partial charge is 0.270 e. The van der Waals surface area contributed by atoms with Crippen LogP contribution in [0.4, 0.5) is 0 Å². The molecule has 1 atom stereocenters. The average Bonchev–Trinajstić information content (AvgIpc) is 3.00. The molecule has 0 saturated carbocycles. The minimum Gasteiger partial charge on any atom is -0.270 e. The third-order valence-electron chi connectivity index (χ3n) is 3.03. The van der Waals surface area contributed by atoms with Crippen molar-refractivity contribution in [2.24, 2.45) is 5.84 Å². The first-order valence-electron chi connectivity index (χ1n) is 6.66. The molecule has 0 radical (unpaired) electrons. The number of nitrogens with one attached hydrogen (secondary N) is 1. The Hall–Kier alpha value is -1.38. The standard InChI is InChI=1S/C12H21N7S/c1-5-6-19-8(7-14-17-19)9(15-13)10-11(12(2,3)4)16-18-20-10/h7,9,15H,5-6,13H2,1-4H3. The molecular formula is C12H21N7S. The number of rotatable bonds is 5. The first-order chi connectivity index (χ1) is 9.49. The molecule has 0 saturated heterocycles. The van der Waals surface area contributed by atoms with Crippen LogP contribution in [0, 0.1) is 0 Å². The molecule has 0 fully saturated rings. The van der Waals surface area contributed by atoms with Gasteiger partial charge in [-0.15, -0.1) is 10.2 Å². The molecule has 0 aliphatic rings. The molecular weight excluding hydrogens is 274 g/mol. The van der Waals surface area contributed by atoms with Crippen molar-refractivity contribution < 1.29 is 0 Å². The Kier molecular flexibility index (Phi) is 4.46. The van der Waals surface area contributed by atoms with E-state index < -0.39 is 0 Å². The van der Waals surface area contributed by atoms with Crippen molar-refractivity contribution in [3.8, 4) is 0 Å². The fraction of sp³-hybridized carbons (Fsp3) is 0.667. The first kappa shape index (κ1) is 15.0. The molecule has 2 aromatic heterocycles. The first-order valence-corrected chi connectivity index (χ1v) is 7.43. The van der Waals surface area contributed by atoms with Gasteiger partial charge >= 0.3 is 0 Å². The molecule has 2 heterocycles. The zero-order valence-electron chi connectivity index (χ0n) is 12.3. The Morgan fingerprint density at radius 2 is 2.20 bits per heavy atom. The quantitative estimate of drug-likeness (QED) is 0.639. The second-order valence-electron chi connectivity index (χ2n) is 5.72. The number of hydrogen-bond donors (Lipinski definition) is 2. The number of nitrogens with two attached hydrogens (primary N) is 1. The predicted molar refractivity (Wildman–Crippen MR) is 78.1 cm³/mol. The maximum atomic E-state index is 5.76. The summed E-state index contributed by atoms with van der Waals surface area (Å²) < 4.78 is 5.96. The molecule has 3 N–H and O–H groups in total. The molecule has 7 nitrogen and oxygen atoms in total. The highest BCUT2D eigenvalue weighted by molar-refractivity contribution is 7.05. The van der Waals surface area contributed by atoms with Gasteiger partial charge in [-0.1, -0.05) is 37.4 Å². The lowest BCUT2D eigenvalue weighted by Crippen LogP contribution is -2.32. The van der Waals surface area contributed by atoms with Gasteiger partial charge in [0.2, 0.25) is 0 Å². The molecule has 2 aromatic rings. The molecule has 0 bridgehead atoms. The van der Waals surface area contributed by atoms with Crippen LogP contribution in [-0.2, 0) is 12.0 Å². The Morgan fingerprint density at radius 3 is 2.80 bits per heavy atom. The molecule has 0 aliphatic carbocycles. The van der Waals surface area contributed by atoms with E-state index in [1.165, 1.54) is 11.5 Å². The van der Waals surface area contributed by atoms with Crippen molar-refractivity contribution in [2.45, 2.75) is 52.1 Å². The summed E-state index contributed by atoms with van der Waals surface area (Å²) in [6.45, 7) is 9.25. The molecule has 1 unspecified atom stereocenters.